The minimum Gasteiger partial charge on any atom is -0.490 e. The van der Waals surface area contributed by atoms with E-state index in [0.29, 0.717) is 19.8 Å². The molecular formula is C20H26BrNO3. The third kappa shape index (κ3) is 6.34. The Morgan fingerprint density at radius 3 is 2.44 bits per heavy atom. The zero-order valence-electron chi connectivity index (χ0n) is 15.1. The number of nitrogens with one attached hydrogen (secondary N) is 1. The molecule has 2 aromatic carbocycles. The summed E-state index contributed by atoms with van der Waals surface area (Å²) in [4.78, 5) is 0. The van der Waals surface area contributed by atoms with E-state index in [1.54, 1.807) is 7.11 Å². The van der Waals surface area contributed by atoms with E-state index in [1.165, 1.54) is 5.56 Å². The van der Waals surface area contributed by atoms with Gasteiger partial charge in [0.1, 0.15) is 6.61 Å². The molecular weight excluding hydrogens is 382 g/mol. The molecule has 0 atom stereocenters. The molecule has 0 bridgehead atoms. The lowest BCUT2D eigenvalue weighted by atomic mass is 10.1. The predicted octanol–water partition coefficient (Wildman–Crippen LogP) is 4.47. The van der Waals surface area contributed by atoms with Crippen molar-refractivity contribution in [1.82, 2.24) is 5.32 Å². The van der Waals surface area contributed by atoms with Crippen LogP contribution in [0.4, 0.5) is 0 Å². The average Bonchev–Trinajstić information content (AvgIpc) is 2.61. The van der Waals surface area contributed by atoms with Crippen molar-refractivity contribution < 1.29 is 14.2 Å². The summed E-state index contributed by atoms with van der Waals surface area (Å²) in [5.41, 5.74) is 3.50. The Morgan fingerprint density at radius 1 is 1.04 bits per heavy atom. The van der Waals surface area contributed by atoms with Gasteiger partial charge < -0.3 is 19.5 Å². The van der Waals surface area contributed by atoms with Crippen LogP contribution >= 0.6 is 15.9 Å². The predicted molar refractivity (Wildman–Crippen MR) is 104 cm³/mol. The third-order valence-corrected chi connectivity index (χ3v) is 4.46. The van der Waals surface area contributed by atoms with Gasteiger partial charge in [0.05, 0.1) is 13.2 Å². The standard InChI is InChI=1S/C20H26BrNO3/c1-4-24-19-11-17(13-22-9-10-23-3)18(21)12-20(19)25-14-16-7-5-15(2)6-8-16/h5-8,11-12,22H,4,9-10,13-14H2,1-3H3. The molecule has 4 nitrogen and oxygen atoms in total. The summed E-state index contributed by atoms with van der Waals surface area (Å²) in [7, 11) is 1.70. The molecule has 5 heteroatoms. The highest BCUT2D eigenvalue weighted by molar-refractivity contribution is 9.10. The lowest BCUT2D eigenvalue weighted by molar-refractivity contribution is 0.199. The summed E-state index contributed by atoms with van der Waals surface area (Å²) in [5, 5.41) is 3.34. The van der Waals surface area contributed by atoms with Gasteiger partial charge in [-0.15, -0.1) is 0 Å². The summed E-state index contributed by atoms with van der Waals surface area (Å²) >= 11 is 3.63. The van der Waals surface area contributed by atoms with Crippen LogP contribution in [-0.2, 0) is 17.9 Å². The molecule has 0 saturated heterocycles. The zero-order chi connectivity index (χ0) is 18.1. The molecule has 0 heterocycles. The van der Waals surface area contributed by atoms with E-state index in [4.69, 9.17) is 14.2 Å². The van der Waals surface area contributed by atoms with Crippen LogP contribution < -0.4 is 14.8 Å². The molecule has 0 amide bonds. The van der Waals surface area contributed by atoms with Gasteiger partial charge in [-0.05, 0) is 37.1 Å². The van der Waals surface area contributed by atoms with Crippen molar-refractivity contribution in [3.05, 3.63) is 57.6 Å². The minimum atomic E-state index is 0.512. The fourth-order valence-corrected chi connectivity index (χ4v) is 2.80. The molecule has 0 fully saturated rings. The third-order valence-electron chi connectivity index (χ3n) is 3.73. The first-order valence-electron chi connectivity index (χ1n) is 8.47. The molecule has 0 unspecified atom stereocenters. The Hall–Kier alpha value is -1.56. The van der Waals surface area contributed by atoms with E-state index in [-0.39, 0.29) is 0 Å². The lowest BCUT2D eigenvalue weighted by Crippen LogP contribution is -2.18. The van der Waals surface area contributed by atoms with Gasteiger partial charge in [0.25, 0.3) is 0 Å². The Bertz CT molecular complexity index is 659. The average molecular weight is 408 g/mol. The summed E-state index contributed by atoms with van der Waals surface area (Å²) in [6.45, 7) is 7.39. The van der Waals surface area contributed by atoms with Crippen molar-refractivity contribution in [2.75, 3.05) is 26.9 Å². The monoisotopic (exact) mass is 407 g/mol. The van der Waals surface area contributed by atoms with Crippen LogP contribution in [-0.4, -0.2) is 26.9 Å². The molecule has 0 spiro atoms. The van der Waals surface area contributed by atoms with Crippen molar-refractivity contribution in [1.29, 1.82) is 0 Å². The maximum absolute atomic E-state index is 6.00. The molecule has 136 valence electrons. The summed E-state index contributed by atoms with van der Waals surface area (Å²) in [5.74, 6) is 1.51. The minimum absolute atomic E-state index is 0.512. The van der Waals surface area contributed by atoms with E-state index >= 15 is 0 Å². The number of aryl methyl sites for hydroxylation is 1. The van der Waals surface area contributed by atoms with Gasteiger partial charge in [-0.25, -0.2) is 0 Å². The fraction of sp³-hybridized carbons (Fsp3) is 0.400. The Balaban J connectivity index is 2.07. The van der Waals surface area contributed by atoms with E-state index in [1.807, 2.05) is 19.1 Å². The highest BCUT2D eigenvalue weighted by Gasteiger charge is 2.11. The van der Waals surface area contributed by atoms with Crippen molar-refractivity contribution >= 4 is 15.9 Å². The maximum Gasteiger partial charge on any atom is 0.162 e. The van der Waals surface area contributed by atoms with Gasteiger partial charge >= 0.3 is 0 Å². The molecule has 0 aromatic heterocycles. The van der Waals surface area contributed by atoms with Gasteiger partial charge in [-0.1, -0.05) is 45.8 Å². The SMILES string of the molecule is CCOc1cc(CNCCOC)c(Br)cc1OCc1ccc(C)cc1. The number of ether oxygens (including phenoxy) is 3. The van der Waals surface area contributed by atoms with Crippen LogP contribution in [0.15, 0.2) is 40.9 Å². The van der Waals surface area contributed by atoms with Crippen LogP contribution in [0, 0.1) is 6.92 Å². The maximum atomic E-state index is 6.00. The van der Waals surface area contributed by atoms with Gasteiger partial charge in [0.15, 0.2) is 11.5 Å². The molecule has 0 aliphatic rings. The molecule has 25 heavy (non-hydrogen) atoms. The topological polar surface area (TPSA) is 39.7 Å². The van der Waals surface area contributed by atoms with Crippen molar-refractivity contribution in [2.24, 2.45) is 0 Å². The number of hydrogen-bond acceptors (Lipinski definition) is 4. The second kappa shape index (κ2) is 10.4. The second-order valence-corrected chi connectivity index (χ2v) is 6.62. The number of benzene rings is 2. The summed E-state index contributed by atoms with van der Waals surface area (Å²) < 4.78 is 17.8. The smallest absolute Gasteiger partial charge is 0.162 e. The fourth-order valence-electron chi connectivity index (χ4n) is 2.34. The van der Waals surface area contributed by atoms with Gasteiger partial charge in [-0.2, -0.15) is 0 Å². The van der Waals surface area contributed by atoms with Gasteiger partial charge in [0.2, 0.25) is 0 Å². The van der Waals surface area contributed by atoms with Crippen molar-refractivity contribution in [3.63, 3.8) is 0 Å². The summed E-state index contributed by atoms with van der Waals surface area (Å²) in [6, 6.07) is 12.3. The second-order valence-electron chi connectivity index (χ2n) is 5.77. The number of rotatable bonds is 10. The molecule has 0 aliphatic heterocycles. The highest BCUT2D eigenvalue weighted by Crippen LogP contribution is 2.34. The van der Waals surface area contributed by atoms with E-state index in [0.717, 1.165) is 40.2 Å². The molecule has 0 aliphatic carbocycles. The van der Waals surface area contributed by atoms with Crippen LogP contribution in [0.3, 0.4) is 0 Å². The number of halogens is 1. The summed E-state index contributed by atoms with van der Waals surface area (Å²) in [6.07, 6.45) is 0. The first-order chi connectivity index (χ1) is 12.1. The number of methoxy groups -OCH3 is 1. The normalized spacial score (nSPS) is 10.7. The largest absolute Gasteiger partial charge is 0.490 e. The Morgan fingerprint density at radius 2 is 1.76 bits per heavy atom. The van der Waals surface area contributed by atoms with E-state index in [2.05, 4.69) is 52.4 Å². The van der Waals surface area contributed by atoms with Gasteiger partial charge in [-0.3, -0.25) is 0 Å². The molecule has 0 radical (unpaired) electrons. The lowest BCUT2D eigenvalue weighted by Gasteiger charge is -2.15. The van der Waals surface area contributed by atoms with E-state index < -0.39 is 0 Å². The Kier molecular flexibility index (Phi) is 8.25. The van der Waals surface area contributed by atoms with Crippen LogP contribution in [0.1, 0.15) is 23.6 Å². The Labute approximate surface area is 158 Å². The van der Waals surface area contributed by atoms with Crippen LogP contribution in [0.25, 0.3) is 0 Å². The quantitative estimate of drug-likeness (QED) is 0.589. The molecule has 2 rings (SSSR count). The molecule has 1 N–H and O–H groups in total. The highest BCUT2D eigenvalue weighted by atomic mass is 79.9. The van der Waals surface area contributed by atoms with Crippen LogP contribution in [0.2, 0.25) is 0 Å². The van der Waals surface area contributed by atoms with Crippen molar-refractivity contribution in [3.8, 4) is 11.5 Å². The zero-order valence-corrected chi connectivity index (χ0v) is 16.7. The number of hydrogen-bond donors (Lipinski definition) is 1. The molecule has 0 saturated carbocycles. The molecule has 2 aromatic rings. The first-order valence-corrected chi connectivity index (χ1v) is 9.26. The van der Waals surface area contributed by atoms with Crippen molar-refractivity contribution in [2.45, 2.75) is 27.0 Å². The van der Waals surface area contributed by atoms with Gasteiger partial charge in [0, 0.05) is 24.7 Å². The van der Waals surface area contributed by atoms with E-state index in [9.17, 15) is 0 Å². The first kappa shape index (κ1) is 19.8. The van der Waals surface area contributed by atoms with Crippen LogP contribution in [0.5, 0.6) is 11.5 Å².